The number of phenols is 1. The number of hydrogen-bond donors (Lipinski definition) is 3. The molecule has 4 rings (SSSR count). The molecule has 0 spiro atoms. The first-order valence-electron chi connectivity index (χ1n) is 7.70. The zero-order valence-corrected chi connectivity index (χ0v) is 12.8. The van der Waals surface area contributed by atoms with Gasteiger partial charge in [-0.25, -0.2) is 9.97 Å². The maximum absolute atomic E-state index is 10.3. The fourth-order valence-electron chi connectivity index (χ4n) is 3.43. The average molecular weight is 296 g/mol. The Bertz CT molecular complexity index is 765. The molecule has 4 N–H and O–H groups in total. The van der Waals surface area contributed by atoms with Gasteiger partial charge in [0, 0.05) is 17.2 Å². The van der Waals surface area contributed by atoms with Gasteiger partial charge in [-0.05, 0) is 42.4 Å². The van der Waals surface area contributed by atoms with E-state index in [9.17, 15) is 5.11 Å². The van der Waals surface area contributed by atoms with E-state index in [4.69, 9.17) is 5.73 Å². The number of hydrogen-bond acceptors (Lipinski definition) is 5. The Morgan fingerprint density at radius 1 is 1.27 bits per heavy atom. The molecule has 114 valence electrons. The molecule has 5 nitrogen and oxygen atoms in total. The summed E-state index contributed by atoms with van der Waals surface area (Å²) in [7, 11) is 0. The van der Waals surface area contributed by atoms with Crippen LogP contribution in [0, 0.1) is 0 Å². The second-order valence-corrected chi connectivity index (χ2v) is 6.95. The molecule has 0 amide bonds. The summed E-state index contributed by atoms with van der Waals surface area (Å²) in [5, 5.41) is 13.8. The summed E-state index contributed by atoms with van der Waals surface area (Å²) < 4.78 is 0. The molecule has 1 aromatic carbocycles. The maximum Gasteiger partial charge on any atom is 0.139 e. The van der Waals surface area contributed by atoms with Gasteiger partial charge in [0.05, 0.1) is 11.4 Å². The second kappa shape index (κ2) is 4.35. The molecule has 2 aromatic rings. The SMILES string of the molecule is CC1(C)Cc2c(ccc(O)c2NC2CC2)-c2ncnc(N)c21. The summed E-state index contributed by atoms with van der Waals surface area (Å²) in [5.74, 6) is 0.859. The van der Waals surface area contributed by atoms with Crippen LogP contribution in [0.1, 0.15) is 37.8 Å². The minimum absolute atomic E-state index is 0.165. The quantitative estimate of drug-likeness (QED) is 0.742. The van der Waals surface area contributed by atoms with Gasteiger partial charge in [0.15, 0.2) is 0 Å². The number of anilines is 2. The van der Waals surface area contributed by atoms with Crippen LogP contribution in [0.3, 0.4) is 0 Å². The number of nitrogens with zero attached hydrogens (tertiary/aromatic N) is 2. The number of nitrogen functional groups attached to an aromatic ring is 1. The fourth-order valence-corrected chi connectivity index (χ4v) is 3.43. The van der Waals surface area contributed by atoms with Crippen molar-refractivity contribution < 1.29 is 5.11 Å². The van der Waals surface area contributed by atoms with Gasteiger partial charge >= 0.3 is 0 Å². The summed E-state index contributed by atoms with van der Waals surface area (Å²) >= 11 is 0. The van der Waals surface area contributed by atoms with Crippen LogP contribution in [0.2, 0.25) is 0 Å². The average Bonchev–Trinajstić information content (AvgIpc) is 3.25. The smallest absolute Gasteiger partial charge is 0.139 e. The minimum Gasteiger partial charge on any atom is -0.506 e. The molecule has 0 aliphatic heterocycles. The lowest BCUT2D eigenvalue weighted by Gasteiger charge is -2.35. The predicted octanol–water partition coefficient (Wildman–Crippen LogP) is 2.84. The van der Waals surface area contributed by atoms with Crippen molar-refractivity contribution >= 4 is 11.5 Å². The standard InChI is InChI=1S/C17H20N4O/c1-17(2)7-11-10(15-13(17)16(18)20-8-19-15)5-6-12(22)14(11)21-9-3-4-9/h5-6,8-9,21-22H,3-4,7H2,1-2H3,(H2,18,19,20). The summed E-state index contributed by atoms with van der Waals surface area (Å²) in [4.78, 5) is 8.64. The third-order valence-corrected chi connectivity index (χ3v) is 4.64. The summed E-state index contributed by atoms with van der Waals surface area (Å²) in [5.41, 5.74) is 10.9. The molecule has 0 atom stereocenters. The molecule has 0 radical (unpaired) electrons. The highest BCUT2D eigenvalue weighted by Crippen LogP contribution is 2.48. The first-order valence-corrected chi connectivity index (χ1v) is 7.70. The van der Waals surface area contributed by atoms with Gasteiger partial charge in [-0.15, -0.1) is 0 Å². The molecule has 22 heavy (non-hydrogen) atoms. The highest BCUT2D eigenvalue weighted by Gasteiger charge is 2.37. The predicted molar refractivity (Wildman–Crippen MR) is 86.9 cm³/mol. The zero-order chi connectivity index (χ0) is 15.5. The Kier molecular flexibility index (Phi) is 2.64. The molecule has 5 heteroatoms. The summed E-state index contributed by atoms with van der Waals surface area (Å²) in [6, 6.07) is 4.16. The van der Waals surface area contributed by atoms with Crippen molar-refractivity contribution in [1.82, 2.24) is 9.97 Å². The highest BCUT2D eigenvalue weighted by molar-refractivity contribution is 5.82. The molecule has 2 aliphatic rings. The van der Waals surface area contributed by atoms with Crippen molar-refractivity contribution in [2.24, 2.45) is 0 Å². The number of nitrogens with one attached hydrogen (secondary N) is 1. The first-order chi connectivity index (χ1) is 10.5. The van der Waals surface area contributed by atoms with Crippen molar-refractivity contribution in [2.75, 3.05) is 11.1 Å². The van der Waals surface area contributed by atoms with Gasteiger partial charge in [-0.1, -0.05) is 13.8 Å². The van der Waals surface area contributed by atoms with Crippen LogP contribution in [0.25, 0.3) is 11.3 Å². The minimum atomic E-state index is -0.165. The van der Waals surface area contributed by atoms with Crippen molar-refractivity contribution in [3.05, 3.63) is 29.6 Å². The zero-order valence-electron chi connectivity index (χ0n) is 12.8. The van der Waals surface area contributed by atoms with Crippen LogP contribution < -0.4 is 11.1 Å². The van der Waals surface area contributed by atoms with E-state index in [-0.39, 0.29) is 5.41 Å². The Hall–Kier alpha value is -2.30. The van der Waals surface area contributed by atoms with Crippen LogP contribution in [-0.4, -0.2) is 21.1 Å². The van der Waals surface area contributed by atoms with E-state index in [1.807, 2.05) is 6.07 Å². The third kappa shape index (κ3) is 1.92. The van der Waals surface area contributed by atoms with Gasteiger partial charge in [0.1, 0.15) is 17.9 Å². The first kappa shape index (κ1) is 13.4. The number of fused-ring (bicyclic) bond motifs is 3. The summed E-state index contributed by atoms with van der Waals surface area (Å²) in [6.45, 7) is 4.30. The largest absolute Gasteiger partial charge is 0.506 e. The molecule has 1 saturated carbocycles. The molecule has 2 aliphatic carbocycles. The van der Waals surface area contributed by atoms with Crippen LogP contribution in [-0.2, 0) is 11.8 Å². The number of nitrogens with two attached hydrogens (primary N) is 1. The molecule has 0 unspecified atom stereocenters. The van der Waals surface area contributed by atoms with E-state index in [2.05, 4.69) is 29.1 Å². The van der Waals surface area contributed by atoms with Crippen molar-refractivity contribution in [2.45, 2.75) is 44.6 Å². The Balaban J connectivity index is 1.96. The molecular weight excluding hydrogens is 276 g/mol. The van der Waals surface area contributed by atoms with Gasteiger partial charge in [-0.2, -0.15) is 0 Å². The van der Waals surface area contributed by atoms with Crippen molar-refractivity contribution in [3.8, 4) is 17.0 Å². The van der Waals surface area contributed by atoms with E-state index in [0.29, 0.717) is 17.6 Å². The molecule has 1 fully saturated rings. The van der Waals surface area contributed by atoms with E-state index in [1.54, 1.807) is 6.07 Å². The number of rotatable bonds is 2. The van der Waals surface area contributed by atoms with Crippen LogP contribution >= 0.6 is 0 Å². The molecular formula is C17H20N4O. The number of benzene rings is 1. The number of aromatic nitrogens is 2. The Morgan fingerprint density at radius 2 is 2.05 bits per heavy atom. The van der Waals surface area contributed by atoms with E-state index >= 15 is 0 Å². The van der Waals surface area contributed by atoms with Crippen LogP contribution in [0.15, 0.2) is 18.5 Å². The molecule has 0 saturated heterocycles. The maximum atomic E-state index is 10.3. The van der Waals surface area contributed by atoms with Crippen LogP contribution in [0.4, 0.5) is 11.5 Å². The lowest BCUT2D eigenvalue weighted by atomic mass is 9.71. The van der Waals surface area contributed by atoms with Gasteiger partial charge < -0.3 is 16.2 Å². The van der Waals surface area contributed by atoms with E-state index in [0.717, 1.165) is 47.3 Å². The molecule has 1 aromatic heterocycles. The monoisotopic (exact) mass is 296 g/mol. The fraction of sp³-hybridized carbons (Fsp3) is 0.412. The lowest BCUT2D eigenvalue weighted by molar-refractivity contribution is 0.472. The van der Waals surface area contributed by atoms with E-state index < -0.39 is 0 Å². The normalized spacial score (nSPS) is 18.5. The van der Waals surface area contributed by atoms with Crippen molar-refractivity contribution in [1.29, 1.82) is 0 Å². The third-order valence-electron chi connectivity index (χ3n) is 4.64. The lowest BCUT2D eigenvalue weighted by Crippen LogP contribution is -2.29. The summed E-state index contributed by atoms with van der Waals surface area (Å²) in [6.07, 6.45) is 4.65. The highest BCUT2D eigenvalue weighted by atomic mass is 16.3. The Labute approximate surface area is 129 Å². The second-order valence-electron chi connectivity index (χ2n) is 6.95. The molecule has 0 bridgehead atoms. The van der Waals surface area contributed by atoms with Crippen LogP contribution in [0.5, 0.6) is 5.75 Å². The van der Waals surface area contributed by atoms with Gasteiger partial charge in [-0.3, -0.25) is 0 Å². The Morgan fingerprint density at radius 3 is 2.77 bits per heavy atom. The topological polar surface area (TPSA) is 84.1 Å². The van der Waals surface area contributed by atoms with Crippen molar-refractivity contribution in [3.63, 3.8) is 0 Å². The van der Waals surface area contributed by atoms with Gasteiger partial charge in [0.2, 0.25) is 0 Å². The number of aromatic hydroxyl groups is 1. The molecule has 1 heterocycles. The van der Waals surface area contributed by atoms with E-state index in [1.165, 1.54) is 6.33 Å². The van der Waals surface area contributed by atoms with Gasteiger partial charge in [0.25, 0.3) is 0 Å². The number of phenolic OH excluding ortho intramolecular Hbond substituents is 1.